The Morgan fingerprint density at radius 3 is 2.59 bits per heavy atom. The molecule has 0 aromatic heterocycles. The summed E-state index contributed by atoms with van der Waals surface area (Å²) in [5, 5.41) is 3.49. The highest BCUT2D eigenvalue weighted by molar-refractivity contribution is 4.89. The molecule has 17 heavy (non-hydrogen) atoms. The lowest BCUT2D eigenvalue weighted by molar-refractivity contribution is 0.0288. The monoisotopic (exact) mass is 243 g/mol. The van der Waals surface area contributed by atoms with E-state index in [0.717, 1.165) is 39.3 Å². The van der Waals surface area contributed by atoms with Crippen LogP contribution in [0.5, 0.6) is 0 Å². The average Bonchev–Trinajstić information content (AvgIpc) is 2.24. The van der Waals surface area contributed by atoms with Gasteiger partial charge in [-0.2, -0.15) is 0 Å². The fourth-order valence-corrected chi connectivity index (χ4v) is 2.47. The van der Waals surface area contributed by atoms with Gasteiger partial charge in [0.2, 0.25) is 0 Å². The first kappa shape index (κ1) is 14.9. The highest BCUT2D eigenvalue weighted by Gasteiger charge is 2.31. The molecule has 1 aliphatic rings. The van der Waals surface area contributed by atoms with Crippen molar-refractivity contribution >= 4 is 0 Å². The van der Waals surface area contributed by atoms with Crippen molar-refractivity contribution in [3.63, 3.8) is 0 Å². The number of nitrogens with one attached hydrogen (secondary N) is 1. The molecule has 0 aromatic carbocycles. The van der Waals surface area contributed by atoms with Crippen molar-refractivity contribution in [3.8, 4) is 0 Å². The number of piperazine rings is 1. The molecule has 1 atom stereocenters. The summed E-state index contributed by atoms with van der Waals surface area (Å²) in [5.41, 5.74) is 0.280. The van der Waals surface area contributed by atoms with Crippen LogP contribution in [-0.2, 0) is 4.74 Å². The lowest BCUT2D eigenvalue weighted by Crippen LogP contribution is -2.59. The largest absolute Gasteiger partial charge is 0.383 e. The maximum Gasteiger partial charge on any atom is 0.0628 e. The fourth-order valence-electron chi connectivity index (χ4n) is 2.47. The molecule has 0 aromatic rings. The van der Waals surface area contributed by atoms with E-state index in [4.69, 9.17) is 4.74 Å². The summed E-state index contributed by atoms with van der Waals surface area (Å²) in [5.74, 6) is 0. The van der Waals surface area contributed by atoms with Crippen LogP contribution in [0.4, 0.5) is 0 Å². The summed E-state index contributed by atoms with van der Waals surface area (Å²) in [4.78, 5) is 4.99. The van der Waals surface area contributed by atoms with E-state index in [9.17, 15) is 0 Å². The maximum absolute atomic E-state index is 5.27. The van der Waals surface area contributed by atoms with Gasteiger partial charge in [-0.3, -0.25) is 9.80 Å². The van der Waals surface area contributed by atoms with Gasteiger partial charge in [0.15, 0.2) is 0 Å². The third-order valence-corrected chi connectivity index (χ3v) is 3.73. The zero-order valence-corrected chi connectivity index (χ0v) is 12.1. The van der Waals surface area contributed by atoms with Crippen LogP contribution in [0.25, 0.3) is 0 Å². The molecule has 0 spiro atoms. The Kier molecular flexibility index (Phi) is 5.86. The van der Waals surface area contributed by atoms with E-state index in [2.05, 4.69) is 42.9 Å². The minimum Gasteiger partial charge on any atom is -0.383 e. The van der Waals surface area contributed by atoms with Gasteiger partial charge in [0.1, 0.15) is 0 Å². The topological polar surface area (TPSA) is 27.7 Å². The normalized spacial score (nSPS) is 23.8. The zero-order chi connectivity index (χ0) is 12.9. The van der Waals surface area contributed by atoms with Crippen LogP contribution in [0.15, 0.2) is 0 Å². The van der Waals surface area contributed by atoms with Crippen molar-refractivity contribution in [3.05, 3.63) is 0 Å². The van der Waals surface area contributed by atoms with E-state index in [1.807, 2.05) is 0 Å². The number of methoxy groups -OCH3 is 1. The Hall–Kier alpha value is -0.160. The molecule has 1 heterocycles. The van der Waals surface area contributed by atoms with Crippen molar-refractivity contribution in [2.45, 2.75) is 32.4 Å². The van der Waals surface area contributed by atoms with Crippen LogP contribution in [0, 0.1) is 0 Å². The van der Waals surface area contributed by atoms with Crippen LogP contribution >= 0.6 is 0 Å². The molecule has 0 radical (unpaired) electrons. The molecule has 1 rings (SSSR count). The second-order valence-corrected chi connectivity index (χ2v) is 5.68. The van der Waals surface area contributed by atoms with Gasteiger partial charge in [-0.1, -0.05) is 6.92 Å². The first-order valence-electron chi connectivity index (χ1n) is 6.65. The van der Waals surface area contributed by atoms with Crippen LogP contribution in [-0.4, -0.2) is 74.9 Å². The van der Waals surface area contributed by atoms with E-state index < -0.39 is 0 Å². The smallest absolute Gasteiger partial charge is 0.0628 e. The standard InChI is InChI=1S/C13H29N3O/c1-6-14-12(10-17-5)9-16-8-7-15(4)13(2,3)11-16/h12,14H,6-11H2,1-5H3. The van der Waals surface area contributed by atoms with Crippen molar-refractivity contribution in [1.29, 1.82) is 0 Å². The van der Waals surface area contributed by atoms with Crippen molar-refractivity contribution < 1.29 is 4.74 Å². The molecule has 1 unspecified atom stereocenters. The SMILES string of the molecule is CCNC(COC)CN1CCN(C)C(C)(C)C1. The summed E-state index contributed by atoms with van der Waals surface area (Å²) < 4.78 is 5.27. The third-order valence-electron chi connectivity index (χ3n) is 3.73. The highest BCUT2D eigenvalue weighted by Crippen LogP contribution is 2.18. The molecule has 1 N–H and O–H groups in total. The molecule has 4 heteroatoms. The number of nitrogens with zero attached hydrogens (tertiary/aromatic N) is 2. The molecule has 1 saturated heterocycles. The Labute approximate surface area is 106 Å². The second-order valence-electron chi connectivity index (χ2n) is 5.68. The molecule has 0 aliphatic carbocycles. The molecule has 1 aliphatic heterocycles. The van der Waals surface area contributed by atoms with Gasteiger partial charge in [-0.05, 0) is 27.4 Å². The number of rotatable bonds is 6. The van der Waals surface area contributed by atoms with Gasteiger partial charge in [0, 0.05) is 44.9 Å². The maximum atomic E-state index is 5.27. The first-order chi connectivity index (χ1) is 7.99. The van der Waals surface area contributed by atoms with Gasteiger partial charge < -0.3 is 10.1 Å². The third kappa shape index (κ3) is 4.54. The quantitative estimate of drug-likeness (QED) is 0.741. The molecular weight excluding hydrogens is 214 g/mol. The van der Waals surface area contributed by atoms with Gasteiger partial charge in [-0.25, -0.2) is 0 Å². The average molecular weight is 243 g/mol. The summed E-state index contributed by atoms with van der Waals surface area (Å²) in [6, 6.07) is 0.448. The van der Waals surface area contributed by atoms with Crippen LogP contribution in [0.3, 0.4) is 0 Å². The number of hydrogen-bond acceptors (Lipinski definition) is 4. The van der Waals surface area contributed by atoms with Gasteiger partial charge in [0.05, 0.1) is 6.61 Å². The van der Waals surface area contributed by atoms with E-state index in [-0.39, 0.29) is 5.54 Å². The molecular formula is C13H29N3O. The molecule has 0 amide bonds. The Balaban J connectivity index is 2.44. The Morgan fingerprint density at radius 2 is 2.06 bits per heavy atom. The molecule has 1 fully saturated rings. The number of likely N-dealkylation sites (N-methyl/N-ethyl adjacent to an activating group) is 2. The Bertz CT molecular complexity index is 215. The second kappa shape index (κ2) is 6.69. The number of hydrogen-bond donors (Lipinski definition) is 1. The molecule has 0 saturated carbocycles. The van der Waals surface area contributed by atoms with Crippen LogP contribution in [0.2, 0.25) is 0 Å². The zero-order valence-electron chi connectivity index (χ0n) is 12.1. The lowest BCUT2D eigenvalue weighted by Gasteiger charge is -2.46. The molecule has 102 valence electrons. The lowest BCUT2D eigenvalue weighted by atomic mass is 9.99. The highest BCUT2D eigenvalue weighted by atomic mass is 16.5. The van der Waals surface area contributed by atoms with Crippen molar-refractivity contribution in [1.82, 2.24) is 15.1 Å². The van der Waals surface area contributed by atoms with Crippen molar-refractivity contribution in [2.75, 3.05) is 53.5 Å². The van der Waals surface area contributed by atoms with Gasteiger partial charge >= 0.3 is 0 Å². The Morgan fingerprint density at radius 1 is 1.35 bits per heavy atom. The van der Waals surface area contributed by atoms with E-state index >= 15 is 0 Å². The van der Waals surface area contributed by atoms with E-state index in [1.54, 1.807) is 7.11 Å². The van der Waals surface area contributed by atoms with Gasteiger partial charge in [0.25, 0.3) is 0 Å². The van der Waals surface area contributed by atoms with E-state index in [0.29, 0.717) is 6.04 Å². The summed E-state index contributed by atoms with van der Waals surface area (Å²) in [6.07, 6.45) is 0. The molecule has 0 bridgehead atoms. The van der Waals surface area contributed by atoms with Crippen molar-refractivity contribution in [2.24, 2.45) is 0 Å². The minimum atomic E-state index is 0.280. The number of ether oxygens (including phenoxy) is 1. The van der Waals surface area contributed by atoms with Crippen LogP contribution < -0.4 is 5.32 Å². The summed E-state index contributed by atoms with van der Waals surface area (Å²) in [6.45, 7) is 13.1. The fraction of sp³-hybridized carbons (Fsp3) is 1.00. The van der Waals surface area contributed by atoms with Crippen LogP contribution in [0.1, 0.15) is 20.8 Å². The first-order valence-corrected chi connectivity index (χ1v) is 6.65. The molecule has 4 nitrogen and oxygen atoms in total. The van der Waals surface area contributed by atoms with E-state index in [1.165, 1.54) is 0 Å². The predicted molar refractivity (Wildman–Crippen MR) is 72.5 cm³/mol. The summed E-state index contributed by atoms with van der Waals surface area (Å²) >= 11 is 0. The summed E-state index contributed by atoms with van der Waals surface area (Å²) in [7, 11) is 3.99. The predicted octanol–water partition coefficient (Wildman–Crippen LogP) is 0.637. The minimum absolute atomic E-state index is 0.280. The van der Waals surface area contributed by atoms with Gasteiger partial charge in [-0.15, -0.1) is 0 Å².